The van der Waals surface area contributed by atoms with Crippen molar-refractivity contribution in [3.8, 4) is 0 Å². The van der Waals surface area contributed by atoms with Crippen LogP contribution in [0.25, 0.3) is 0 Å². The van der Waals surface area contributed by atoms with E-state index in [0.29, 0.717) is 11.5 Å². The average molecular weight is 276 g/mol. The van der Waals surface area contributed by atoms with Crippen LogP contribution in [0.2, 0.25) is 0 Å². The monoisotopic (exact) mass is 276 g/mol. The Kier molecular flexibility index (Phi) is 4.20. The summed E-state index contributed by atoms with van der Waals surface area (Å²) >= 11 is 5.04. The molecule has 102 valence electrons. The number of amides is 1. The van der Waals surface area contributed by atoms with Gasteiger partial charge in [-0.05, 0) is 31.7 Å². The molecule has 0 atom stereocenters. The van der Waals surface area contributed by atoms with Gasteiger partial charge in [-0.25, -0.2) is 0 Å². The minimum absolute atomic E-state index is 0.00102. The zero-order chi connectivity index (χ0) is 13.9. The van der Waals surface area contributed by atoms with Gasteiger partial charge in [0.1, 0.15) is 0 Å². The molecule has 1 aliphatic rings. The smallest absolute Gasteiger partial charge is 0.233 e. The number of carbonyl (C=O) groups is 1. The Labute approximate surface area is 119 Å². The molecule has 1 aromatic rings. The highest BCUT2D eigenvalue weighted by Crippen LogP contribution is 2.41. The van der Waals surface area contributed by atoms with Gasteiger partial charge in [0.15, 0.2) is 0 Å². The van der Waals surface area contributed by atoms with Crippen molar-refractivity contribution in [3.05, 3.63) is 35.4 Å². The van der Waals surface area contributed by atoms with Crippen LogP contribution in [-0.4, -0.2) is 17.4 Å². The summed E-state index contributed by atoms with van der Waals surface area (Å²) in [7, 11) is 0. The third kappa shape index (κ3) is 2.95. The number of hydrogen-bond acceptors (Lipinski definition) is 2. The molecular weight excluding hydrogens is 256 g/mol. The molecule has 0 aliphatic heterocycles. The number of aryl methyl sites for hydroxylation is 1. The first-order valence-corrected chi connectivity index (χ1v) is 7.09. The maximum absolute atomic E-state index is 12.2. The molecule has 0 bridgehead atoms. The van der Waals surface area contributed by atoms with Gasteiger partial charge in [0.05, 0.1) is 10.4 Å². The lowest BCUT2D eigenvalue weighted by atomic mass is 9.68. The van der Waals surface area contributed by atoms with Gasteiger partial charge in [-0.1, -0.05) is 48.5 Å². The van der Waals surface area contributed by atoms with Crippen LogP contribution >= 0.6 is 12.2 Å². The standard InChI is InChI=1S/C15H20N2OS/c1-11-4-2-5-12(10-11)6-9-17-14(18)15(13(16)19)7-3-8-15/h2,4-5,10H,3,6-9H2,1H3,(H2,16,19)(H,17,18). The molecule has 0 radical (unpaired) electrons. The van der Waals surface area contributed by atoms with Crippen LogP contribution in [-0.2, 0) is 11.2 Å². The number of rotatable bonds is 5. The van der Waals surface area contributed by atoms with Crippen molar-refractivity contribution >= 4 is 23.1 Å². The summed E-state index contributed by atoms with van der Waals surface area (Å²) in [5.74, 6) is -0.00102. The van der Waals surface area contributed by atoms with Crippen molar-refractivity contribution in [1.29, 1.82) is 0 Å². The third-order valence-electron chi connectivity index (χ3n) is 3.90. The van der Waals surface area contributed by atoms with E-state index in [0.717, 1.165) is 25.7 Å². The predicted octanol–water partition coefficient (Wildman–Crippen LogP) is 2.11. The summed E-state index contributed by atoms with van der Waals surface area (Å²) in [6.07, 6.45) is 3.45. The minimum Gasteiger partial charge on any atom is -0.392 e. The largest absolute Gasteiger partial charge is 0.392 e. The highest BCUT2D eigenvalue weighted by Gasteiger charge is 2.46. The van der Waals surface area contributed by atoms with Crippen LogP contribution < -0.4 is 11.1 Å². The van der Waals surface area contributed by atoms with Crippen LogP contribution in [0.15, 0.2) is 24.3 Å². The van der Waals surface area contributed by atoms with Gasteiger partial charge < -0.3 is 11.1 Å². The molecule has 0 spiro atoms. The Balaban J connectivity index is 1.86. The molecule has 0 aromatic heterocycles. The Hall–Kier alpha value is -1.42. The fraction of sp³-hybridized carbons (Fsp3) is 0.467. The first kappa shape index (κ1) is 14.0. The maximum Gasteiger partial charge on any atom is 0.233 e. The molecule has 3 N–H and O–H groups in total. The van der Waals surface area contributed by atoms with Crippen molar-refractivity contribution in [1.82, 2.24) is 5.32 Å². The van der Waals surface area contributed by atoms with E-state index in [-0.39, 0.29) is 5.91 Å². The Morgan fingerprint density at radius 2 is 2.21 bits per heavy atom. The highest BCUT2D eigenvalue weighted by atomic mass is 32.1. The summed E-state index contributed by atoms with van der Waals surface area (Å²) in [5, 5.41) is 2.97. The second-order valence-corrected chi connectivity index (χ2v) is 5.73. The zero-order valence-electron chi connectivity index (χ0n) is 11.2. The fourth-order valence-electron chi connectivity index (χ4n) is 2.47. The molecule has 4 heteroatoms. The average Bonchev–Trinajstić information content (AvgIpc) is 2.26. The van der Waals surface area contributed by atoms with Gasteiger partial charge in [0.25, 0.3) is 0 Å². The molecule has 1 saturated carbocycles. The maximum atomic E-state index is 12.2. The Morgan fingerprint density at radius 3 is 2.74 bits per heavy atom. The van der Waals surface area contributed by atoms with Crippen molar-refractivity contribution in [2.24, 2.45) is 11.1 Å². The van der Waals surface area contributed by atoms with Crippen LogP contribution in [0.1, 0.15) is 30.4 Å². The normalized spacial score (nSPS) is 16.5. The van der Waals surface area contributed by atoms with E-state index >= 15 is 0 Å². The summed E-state index contributed by atoms with van der Waals surface area (Å²) < 4.78 is 0. The minimum atomic E-state index is -0.568. The van der Waals surface area contributed by atoms with E-state index in [1.807, 2.05) is 6.07 Å². The number of nitrogens with two attached hydrogens (primary N) is 1. The number of thiocarbonyl (C=S) groups is 1. The van der Waals surface area contributed by atoms with Gasteiger partial charge >= 0.3 is 0 Å². The topological polar surface area (TPSA) is 55.1 Å². The van der Waals surface area contributed by atoms with Crippen LogP contribution in [0.4, 0.5) is 0 Å². The summed E-state index contributed by atoms with van der Waals surface area (Å²) in [6.45, 7) is 2.70. The highest BCUT2D eigenvalue weighted by molar-refractivity contribution is 7.80. The zero-order valence-corrected chi connectivity index (χ0v) is 12.1. The molecular formula is C15H20N2OS. The number of nitrogens with one attached hydrogen (secondary N) is 1. The van der Waals surface area contributed by atoms with E-state index in [1.165, 1.54) is 11.1 Å². The van der Waals surface area contributed by atoms with Gasteiger partial charge in [-0.15, -0.1) is 0 Å². The molecule has 19 heavy (non-hydrogen) atoms. The Bertz CT molecular complexity index is 495. The second kappa shape index (κ2) is 5.70. The number of hydrogen-bond donors (Lipinski definition) is 2. The first-order chi connectivity index (χ1) is 9.04. The van der Waals surface area contributed by atoms with Gasteiger partial charge in [-0.3, -0.25) is 4.79 Å². The van der Waals surface area contributed by atoms with Gasteiger partial charge in [-0.2, -0.15) is 0 Å². The molecule has 1 amide bonds. The molecule has 1 fully saturated rings. The number of benzene rings is 1. The lowest BCUT2D eigenvalue weighted by Crippen LogP contribution is -2.53. The first-order valence-electron chi connectivity index (χ1n) is 6.68. The third-order valence-corrected chi connectivity index (χ3v) is 4.29. The molecule has 0 unspecified atom stereocenters. The molecule has 0 heterocycles. The summed E-state index contributed by atoms with van der Waals surface area (Å²) in [4.78, 5) is 12.5. The fourth-order valence-corrected chi connectivity index (χ4v) is 2.77. The van der Waals surface area contributed by atoms with Crippen LogP contribution in [0.3, 0.4) is 0 Å². The van der Waals surface area contributed by atoms with Gasteiger partial charge in [0, 0.05) is 6.54 Å². The van der Waals surface area contributed by atoms with Crippen LogP contribution in [0.5, 0.6) is 0 Å². The molecule has 3 nitrogen and oxygen atoms in total. The second-order valence-electron chi connectivity index (χ2n) is 5.29. The lowest BCUT2D eigenvalue weighted by Gasteiger charge is -2.39. The summed E-state index contributed by atoms with van der Waals surface area (Å²) in [5.41, 5.74) is 7.61. The molecule has 0 saturated heterocycles. The quantitative estimate of drug-likeness (QED) is 0.810. The predicted molar refractivity (Wildman–Crippen MR) is 81.0 cm³/mol. The summed E-state index contributed by atoms with van der Waals surface area (Å²) in [6, 6.07) is 8.32. The van der Waals surface area contributed by atoms with E-state index < -0.39 is 5.41 Å². The number of carbonyl (C=O) groups excluding carboxylic acids is 1. The molecule has 1 aromatic carbocycles. The van der Waals surface area contributed by atoms with Crippen molar-refractivity contribution in [3.63, 3.8) is 0 Å². The van der Waals surface area contributed by atoms with E-state index in [2.05, 4.69) is 30.4 Å². The SMILES string of the molecule is Cc1cccc(CCNC(=O)C2(C(N)=S)CCC2)c1. The van der Waals surface area contributed by atoms with Crippen LogP contribution in [0, 0.1) is 12.3 Å². The van der Waals surface area contributed by atoms with E-state index in [1.54, 1.807) is 0 Å². The van der Waals surface area contributed by atoms with E-state index in [9.17, 15) is 4.79 Å². The van der Waals surface area contributed by atoms with Crippen molar-refractivity contribution < 1.29 is 4.79 Å². The molecule has 2 rings (SSSR count). The van der Waals surface area contributed by atoms with Gasteiger partial charge in [0.2, 0.25) is 5.91 Å². The van der Waals surface area contributed by atoms with Crippen molar-refractivity contribution in [2.75, 3.05) is 6.54 Å². The Morgan fingerprint density at radius 1 is 1.47 bits per heavy atom. The molecule has 1 aliphatic carbocycles. The van der Waals surface area contributed by atoms with E-state index in [4.69, 9.17) is 18.0 Å². The van der Waals surface area contributed by atoms with Crippen molar-refractivity contribution in [2.45, 2.75) is 32.6 Å². The lowest BCUT2D eigenvalue weighted by molar-refractivity contribution is -0.130.